The van der Waals surface area contributed by atoms with E-state index in [-0.39, 0.29) is 12.1 Å². The number of benzene rings is 1. The van der Waals surface area contributed by atoms with E-state index < -0.39 is 0 Å². The van der Waals surface area contributed by atoms with Crippen molar-refractivity contribution < 1.29 is 4.74 Å². The molecule has 1 heterocycles. The van der Waals surface area contributed by atoms with E-state index in [1.807, 2.05) is 12.1 Å². The Bertz CT molecular complexity index is 397. The predicted molar refractivity (Wildman–Crippen MR) is 70.3 cm³/mol. The van der Waals surface area contributed by atoms with E-state index in [9.17, 15) is 0 Å². The van der Waals surface area contributed by atoms with Gasteiger partial charge in [-0.1, -0.05) is 34.5 Å². The van der Waals surface area contributed by atoms with E-state index in [4.69, 9.17) is 16.3 Å². The molecule has 2 unspecified atom stereocenters. The maximum atomic E-state index is 6.13. The first-order valence-electron chi connectivity index (χ1n) is 5.53. The first-order chi connectivity index (χ1) is 7.65. The number of fused-ring (bicyclic) bond motifs is 1. The van der Waals surface area contributed by atoms with Gasteiger partial charge in [0.25, 0.3) is 0 Å². The minimum atomic E-state index is 0.123. The third kappa shape index (κ3) is 2.08. The lowest BCUT2D eigenvalue weighted by Gasteiger charge is -2.16. The fourth-order valence-corrected chi connectivity index (χ4v) is 2.78. The molecule has 2 atom stereocenters. The van der Waals surface area contributed by atoms with Gasteiger partial charge >= 0.3 is 0 Å². The average Bonchev–Trinajstić information content (AvgIpc) is 2.59. The molecule has 1 N–H and O–H groups in total. The van der Waals surface area contributed by atoms with E-state index in [1.165, 1.54) is 0 Å². The number of halogens is 2. The predicted octanol–water partition coefficient (Wildman–Crippen LogP) is 3.92. The number of nitrogens with one attached hydrogen (secondary N) is 1. The SMILES string of the molecule is CCCNC1c2c(Br)ccc(Cl)c2OC1C. The largest absolute Gasteiger partial charge is 0.487 e. The minimum Gasteiger partial charge on any atom is -0.487 e. The van der Waals surface area contributed by atoms with Gasteiger partial charge in [-0.3, -0.25) is 0 Å². The molecule has 0 saturated heterocycles. The summed E-state index contributed by atoms with van der Waals surface area (Å²) in [4.78, 5) is 0. The standard InChI is InChI=1S/C12H15BrClNO/c1-3-6-15-11-7(2)16-12-9(14)5-4-8(13)10(11)12/h4-5,7,11,15H,3,6H2,1-2H3. The Hall–Kier alpha value is -0.250. The van der Waals surface area contributed by atoms with Crippen LogP contribution in [0.15, 0.2) is 16.6 Å². The van der Waals surface area contributed by atoms with Crippen LogP contribution in [0.4, 0.5) is 0 Å². The number of rotatable bonds is 3. The second-order valence-corrected chi connectivity index (χ2v) is 5.29. The molecular formula is C12H15BrClNO. The molecule has 0 spiro atoms. The molecule has 0 aromatic heterocycles. The Morgan fingerprint density at radius 1 is 1.50 bits per heavy atom. The Kier molecular flexibility index (Phi) is 3.77. The van der Waals surface area contributed by atoms with Crippen molar-refractivity contribution in [3.05, 3.63) is 27.2 Å². The van der Waals surface area contributed by atoms with Crippen molar-refractivity contribution in [2.45, 2.75) is 32.4 Å². The molecule has 88 valence electrons. The third-order valence-electron chi connectivity index (χ3n) is 2.79. The van der Waals surface area contributed by atoms with Crippen LogP contribution in [0.3, 0.4) is 0 Å². The molecule has 16 heavy (non-hydrogen) atoms. The molecule has 0 radical (unpaired) electrons. The second-order valence-electron chi connectivity index (χ2n) is 4.03. The van der Waals surface area contributed by atoms with Gasteiger partial charge in [0.05, 0.1) is 11.1 Å². The maximum absolute atomic E-state index is 6.13. The van der Waals surface area contributed by atoms with Crippen LogP contribution in [-0.4, -0.2) is 12.6 Å². The minimum absolute atomic E-state index is 0.123. The van der Waals surface area contributed by atoms with E-state index in [2.05, 4.69) is 35.1 Å². The van der Waals surface area contributed by atoms with Gasteiger partial charge in [0, 0.05) is 10.0 Å². The highest BCUT2D eigenvalue weighted by atomic mass is 79.9. The van der Waals surface area contributed by atoms with Crippen molar-refractivity contribution in [1.82, 2.24) is 5.32 Å². The highest BCUT2D eigenvalue weighted by Gasteiger charge is 2.34. The Morgan fingerprint density at radius 3 is 2.94 bits per heavy atom. The van der Waals surface area contributed by atoms with Gasteiger partial charge in [0.1, 0.15) is 11.9 Å². The summed E-state index contributed by atoms with van der Waals surface area (Å²) < 4.78 is 6.86. The van der Waals surface area contributed by atoms with Crippen LogP contribution >= 0.6 is 27.5 Å². The molecule has 1 aliphatic rings. The molecule has 2 rings (SSSR count). The van der Waals surface area contributed by atoms with Crippen LogP contribution < -0.4 is 10.1 Å². The van der Waals surface area contributed by atoms with Gasteiger partial charge < -0.3 is 10.1 Å². The van der Waals surface area contributed by atoms with Crippen LogP contribution in [0.5, 0.6) is 5.75 Å². The lowest BCUT2D eigenvalue weighted by molar-refractivity contribution is 0.210. The van der Waals surface area contributed by atoms with Crippen LogP contribution in [0.2, 0.25) is 5.02 Å². The van der Waals surface area contributed by atoms with E-state index in [1.54, 1.807) is 0 Å². The number of ether oxygens (including phenoxy) is 1. The van der Waals surface area contributed by atoms with Crippen LogP contribution in [0, 0.1) is 0 Å². The summed E-state index contributed by atoms with van der Waals surface area (Å²) in [5, 5.41) is 4.18. The van der Waals surface area contributed by atoms with Crippen LogP contribution in [-0.2, 0) is 0 Å². The van der Waals surface area contributed by atoms with Crippen LogP contribution in [0.1, 0.15) is 31.9 Å². The zero-order valence-electron chi connectivity index (χ0n) is 9.39. The number of hydrogen-bond donors (Lipinski definition) is 1. The van der Waals surface area contributed by atoms with E-state index >= 15 is 0 Å². The summed E-state index contributed by atoms with van der Waals surface area (Å²) in [6.07, 6.45) is 1.23. The monoisotopic (exact) mass is 303 g/mol. The van der Waals surface area contributed by atoms with Crippen molar-refractivity contribution in [2.75, 3.05) is 6.54 Å². The van der Waals surface area contributed by atoms with Crippen molar-refractivity contribution >= 4 is 27.5 Å². The normalized spacial score (nSPS) is 23.0. The van der Waals surface area contributed by atoms with Gasteiger partial charge in [-0.15, -0.1) is 0 Å². The molecule has 0 amide bonds. The van der Waals surface area contributed by atoms with Crippen molar-refractivity contribution in [1.29, 1.82) is 0 Å². The fourth-order valence-electron chi connectivity index (χ4n) is 2.01. The topological polar surface area (TPSA) is 21.3 Å². The summed E-state index contributed by atoms with van der Waals surface area (Å²) >= 11 is 9.70. The summed E-state index contributed by atoms with van der Waals surface area (Å²) in [7, 11) is 0. The molecule has 0 bridgehead atoms. The first-order valence-corrected chi connectivity index (χ1v) is 6.70. The summed E-state index contributed by atoms with van der Waals surface area (Å²) in [5.41, 5.74) is 1.15. The van der Waals surface area contributed by atoms with Crippen LogP contribution in [0.25, 0.3) is 0 Å². The quantitative estimate of drug-likeness (QED) is 0.914. The third-order valence-corrected chi connectivity index (χ3v) is 3.78. The van der Waals surface area contributed by atoms with Gasteiger partial charge in [-0.05, 0) is 32.0 Å². The van der Waals surface area contributed by atoms with Gasteiger partial charge in [-0.25, -0.2) is 0 Å². The number of hydrogen-bond acceptors (Lipinski definition) is 2. The van der Waals surface area contributed by atoms with Crippen molar-refractivity contribution in [2.24, 2.45) is 0 Å². The molecular weight excluding hydrogens is 289 g/mol. The van der Waals surface area contributed by atoms with E-state index in [0.717, 1.165) is 28.8 Å². The molecule has 1 aromatic carbocycles. The first kappa shape index (κ1) is 12.2. The molecule has 1 aromatic rings. The van der Waals surface area contributed by atoms with Crippen molar-refractivity contribution in [3.63, 3.8) is 0 Å². The maximum Gasteiger partial charge on any atom is 0.144 e. The fraction of sp³-hybridized carbons (Fsp3) is 0.500. The Morgan fingerprint density at radius 2 is 2.25 bits per heavy atom. The average molecular weight is 305 g/mol. The summed E-state index contributed by atoms with van der Waals surface area (Å²) in [5.74, 6) is 0.817. The molecule has 2 nitrogen and oxygen atoms in total. The lowest BCUT2D eigenvalue weighted by Crippen LogP contribution is -2.29. The Labute approximate surface area is 109 Å². The van der Waals surface area contributed by atoms with Gasteiger partial charge in [0.15, 0.2) is 0 Å². The Balaban J connectivity index is 2.35. The zero-order valence-corrected chi connectivity index (χ0v) is 11.7. The molecule has 1 aliphatic heterocycles. The highest BCUT2D eigenvalue weighted by molar-refractivity contribution is 9.10. The molecule has 0 aliphatic carbocycles. The molecule has 0 fully saturated rings. The van der Waals surface area contributed by atoms with E-state index in [0.29, 0.717) is 5.02 Å². The molecule has 4 heteroatoms. The van der Waals surface area contributed by atoms with Crippen molar-refractivity contribution in [3.8, 4) is 5.75 Å². The second kappa shape index (κ2) is 4.94. The lowest BCUT2D eigenvalue weighted by atomic mass is 10.0. The smallest absolute Gasteiger partial charge is 0.144 e. The summed E-state index contributed by atoms with van der Waals surface area (Å²) in [6.45, 7) is 5.20. The highest BCUT2D eigenvalue weighted by Crippen LogP contribution is 2.45. The van der Waals surface area contributed by atoms with Gasteiger partial charge in [-0.2, -0.15) is 0 Å². The zero-order chi connectivity index (χ0) is 11.7. The molecule has 0 saturated carbocycles. The summed E-state index contributed by atoms with van der Waals surface area (Å²) in [6, 6.07) is 4.06. The van der Waals surface area contributed by atoms with Gasteiger partial charge in [0.2, 0.25) is 0 Å².